The van der Waals surface area contributed by atoms with Crippen LogP contribution >= 0.6 is 11.3 Å². The summed E-state index contributed by atoms with van der Waals surface area (Å²) in [5.41, 5.74) is 1.90. The minimum atomic E-state index is -0.177. The summed E-state index contributed by atoms with van der Waals surface area (Å²) in [5.74, 6) is -0.177. The molecule has 0 atom stereocenters. The zero-order chi connectivity index (χ0) is 13.7. The highest BCUT2D eigenvalue weighted by molar-refractivity contribution is 7.09. The molecule has 1 aromatic carbocycles. The van der Waals surface area contributed by atoms with Crippen LogP contribution in [0, 0.1) is 5.82 Å². The minimum absolute atomic E-state index is 0.177. The van der Waals surface area contributed by atoms with Crippen molar-refractivity contribution < 1.29 is 4.39 Å². The molecule has 1 N–H and O–H groups in total. The third kappa shape index (κ3) is 4.04. The summed E-state index contributed by atoms with van der Waals surface area (Å²) in [5, 5.41) is 5.28. The first-order valence-electron chi connectivity index (χ1n) is 6.42. The third-order valence-corrected chi connectivity index (χ3v) is 3.80. The second-order valence-corrected chi connectivity index (χ2v) is 5.57. The molecule has 0 spiro atoms. The van der Waals surface area contributed by atoms with Crippen molar-refractivity contribution in [3.63, 3.8) is 0 Å². The highest BCUT2D eigenvalue weighted by Crippen LogP contribution is 2.21. The van der Waals surface area contributed by atoms with E-state index in [2.05, 4.69) is 21.7 Å². The maximum Gasteiger partial charge on any atom is 0.125 e. The van der Waals surface area contributed by atoms with Crippen LogP contribution in [-0.4, -0.2) is 13.6 Å². The average molecular weight is 278 g/mol. The van der Waals surface area contributed by atoms with Crippen LogP contribution in [0.25, 0.3) is 0 Å². The van der Waals surface area contributed by atoms with Gasteiger partial charge in [-0.1, -0.05) is 13.0 Å². The van der Waals surface area contributed by atoms with Gasteiger partial charge in [0.15, 0.2) is 0 Å². The fourth-order valence-corrected chi connectivity index (χ4v) is 2.71. The van der Waals surface area contributed by atoms with Gasteiger partial charge in [-0.3, -0.25) is 0 Å². The molecule has 2 nitrogen and oxygen atoms in total. The van der Waals surface area contributed by atoms with E-state index in [4.69, 9.17) is 0 Å². The topological polar surface area (TPSA) is 15.3 Å². The van der Waals surface area contributed by atoms with Gasteiger partial charge in [-0.15, -0.1) is 11.3 Å². The number of thiophene rings is 1. The van der Waals surface area contributed by atoms with Gasteiger partial charge in [0.25, 0.3) is 0 Å². The molecule has 0 aliphatic heterocycles. The van der Waals surface area contributed by atoms with Crippen molar-refractivity contribution in [2.75, 3.05) is 18.5 Å². The molecule has 0 fully saturated rings. The van der Waals surface area contributed by atoms with Crippen molar-refractivity contribution in [2.24, 2.45) is 0 Å². The molecule has 102 valence electrons. The quantitative estimate of drug-likeness (QED) is 0.868. The molecule has 0 aliphatic carbocycles. The number of benzene rings is 1. The van der Waals surface area contributed by atoms with E-state index >= 15 is 0 Å². The molecule has 0 bridgehead atoms. The van der Waals surface area contributed by atoms with Gasteiger partial charge in [0.05, 0.1) is 6.54 Å². The smallest absolute Gasteiger partial charge is 0.125 e. The fraction of sp³-hybridized carbons (Fsp3) is 0.333. The van der Waals surface area contributed by atoms with E-state index in [1.54, 1.807) is 23.5 Å². The van der Waals surface area contributed by atoms with Crippen molar-refractivity contribution >= 4 is 17.0 Å². The lowest BCUT2D eigenvalue weighted by Gasteiger charge is -2.19. The first kappa shape index (κ1) is 14.0. The first-order valence-corrected chi connectivity index (χ1v) is 7.30. The summed E-state index contributed by atoms with van der Waals surface area (Å²) in [4.78, 5) is 3.35. The number of nitrogens with one attached hydrogen (secondary N) is 1. The van der Waals surface area contributed by atoms with E-state index in [1.165, 1.54) is 4.88 Å². The van der Waals surface area contributed by atoms with Crippen LogP contribution in [0.15, 0.2) is 35.7 Å². The fourth-order valence-electron chi connectivity index (χ4n) is 1.95. The predicted octanol–water partition coefficient (Wildman–Crippen LogP) is 3.63. The van der Waals surface area contributed by atoms with E-state index < -0.39 is 0 Å². The Kier molecular flexibility index (Phi) is 4.93. The zero-order valence-corrected chi connectivity index (χ0v) is 12.1. The Labute approximate surface area is 117 Å². The maximum atomic E-state index is 13.6. The molecule has 1 heterocycles. The van der Waals surface area contributed by atoms with E-state index in [0.717, 1.165) is 24.3 Å². The normalized spacial score (nSPS) is 10.7. The molecule has 0 unspecified atom stereocenters. The van der Waals surface area contributed by atoms with Crippen LogP contribution in [-0.2, 0) is 13.1 Å². The Morgan fingerprint density at radius 1 is 1.32 bits per heavy atom. The Bertz CT molecular complexity index is 511. The summed E-state index contributed by atoms with van der Waals surface area (Å²) in [6.45, 7) is 4.44. The summed E-state index contributed by atoms with van der Waals surface area (Å²) >= 11 is 1.72. The number of hydrogen-bond acceptors (Lipinski definition) is 3. The first-order chi connectivity index (χ1) is 9.19. The lowest BCUT2D eigenvalue weighted by molar-refractivity contribution is 0.621. The second-order valence-electron chi connectivity index (χ2n) is 4.53. The van der Waals surface area contributed by atoms with Gasteiger partial charge in [0, 0.05) is 24.2 Å². The number of anilines is 1. The van der Waals surface area contributed by atoms with Crippen LogP contribution in [0.2, 0.25) is 0 Å². The summed E-state index contributed by atoms with van der Waals surface area (Å²) < 4.78 is 13.6. The molecule has 0 aliphatic rings. The summed E-state index contributed by atoms with van der Waals surface area (Å²) in [6.07, 6.45) is 0. The van der Waals surface area contributed by atoms with Crippen molar-refractivity contribution in [3.05, 3.63) is 52.0 Å². The van der Waals surface area contributed by atoms with Gasteiger partial charge in [-0.2, -0.15) is 0 Å². The SMILES string of the molecule is CCNCc1cc(F)cc(N(C)Cc2cccs2)c1. The van der Waals surface area contributed by atoms with Gasteiger partial charge in [-0.25, -0.2) is 4.39 Å². The van der Waals surface area contributed by atoms with Crippen LogP contribution < -0.4 is 10.2 Å². The molecule has 2 rings (SSSR count). The van der Waals surface area contributed by atoms with Crippen molar-refractivity contribution in [3.8, 4) is 0 Å². The van der Waals surface area contributed by atoms with Crippen molar-refractivity contribution in [1.29, 1.82) is 0 Å². The van der Waals surface area contributed by atoms with Gasteiger partial charge in [0.1, 0.15) is 5.82 Å². The zero-order valence-electron chi connectivity index (χ0n) is 11.3. The Balaban J connectivity index is 2.11. The Hall–Kier alpha value is -1.39. The molecular formula is C15H19FN2S. The van der Waals surface area contributed by atoms with Crippen LogP contribution in [0.1, 0.15) is 17.4 Å². The third-order valence-electron chi connectivity index (χ3n) is 2.94. The molecule has 0 amide bonds. The van der Waals surface area contributed by atoms with E-state index in [9.17, 15) is 4.39 Å². The van der Waals surface area contributed by atoms with Crippen molar-refractivity contribution in [2.45, 2.75) is 20.0 Å². The predicted molar refractivity (Wildman–Crippen MR) is 80.2 cm³/mol. The van der Waals surface area contributed by atoms with Crippen LogP contribution in [0.3, 0.4) is 0 Å². The number of rotatable bonds is 6. The molecule has 0 radical (unpaired) electrons. The highest BCUT2D eigenvalue weighted by atomic mass is 32.1. The van der Waals surface area contributed by atoms with Gasteiger partial charge in [-0.05, 0) is 41.8 Å². The standard InChI is InChI=1S/C15H19FN2S/c1-3-17-10-12-7-13(16)9-14(8-12)18(2)11-15-5-4-6-19-15/h4-9,17H,3,10-11H2,1-2H3. The largest absolute Gasteiger partial charge is 0.369 e. The number of hydrogen-bond donors (Lipinski definition) is 1. The Morgan fingerprint density at radius 3 is 2.84 bits per heavy atom. The van der Waals surface area contributed by atoms with Crippen LogP contribution in [0.5, 0.6) is 0 Å². The number of nitrogens with zero attached hydrogens (tertiary/aromatic N) is 1. The molecule has 0 saturated heterocycles. The second kappa shape index (κ2) is 6.68. The molecular weight excluding hydrogens is 259 g/mol. The molecule has 0 saturated carbocycles. The maximum absolute atomic E-state index is 13.6. The molecule has 19 heavy (non-hydrogen) atoms. The highest BCUT2D eigenvalue weighted by Gasteiger charge is 2.06. The van der Waals surface area contributed by atoms with E-state index in [1.807, 2.05) is 26.1 Å². The number of halogens is 1. The van der Waals surface area contributed by atoms with Gasteiger partial charge >= 0.3 is 0 Å². The summed E-state index contributed by atoms with van der Waals surface area (Å²) in [7, 11) is 1.99. The van der Waals surface area contributed by atoms with Crippen LogP contribution in [0.4, 0.5) is 10.1 Å². The molecule has 1 aromatic heterocycles. The molecule has 2 aromatic rings. The van der Waals surface area contributed by atoms with E-state index in [-0.39, 0.29) is 5.82 Å². The van der Waals surface area contributed by atoms with Gasteiger partial charge in [0.2, 0.25) is 0 Å². The monoisotopic (exact) mass is 278 g/mol. The minimum Gasteiger partial charge on any atom is -0.369 e. The van der Waals surface area contributed by atoms with E-state index in [0.29, 0.717) is 6.54 Å². The lowest BCUT2D eigenvalue weighted by atomic mass is 10.1. The molecule has 4 heteroatoms. The van der Waals surface area contributed by atoms with Gasteiger partial charge < -0.3 is 10.2 Å². The lowest BCUT2D eigenvalue weighted by Crippen LogP contribution is -2.17. The average Bonchev–Trinajstić information content (AvgIpc) is 2.88. The van der Waals surface area contributed by atoms with Crippen molar-refractivity contribution in [1.82, 2.24) is 5.32 Å². The summed E-state index contributed by atoms with van der Waals surface area (Å²) in [6, 6.07) is 9.35. The Morgan fingerprint density at radius 2 is 2.16 bits per heavy atom.